The van der Waals surface area contributed by atoms with Gasteiger partial charge in [0.05, 0.1) is 10.6 Å². The van der Waals surface area contributed by atoms with E-state index >= 15 is 0 Å². The smallest absolute Gasteiger partial charge is 0.185 e. The molecule has 1 atom stereocenters. The summed E-state index contributed by atoms with van der Waals surface area (Å²) in [5.41, 5.74) is 0. The van der Waals surface area contributed by atoms with Crippen LogP contribution in [0.4, 0.5) is 0 Å². The van der Waals surface area contributed by atoms with Crippen LogP contribution in [0.1, 0.15) is 28.4 Å². The molecule has 0 fully saturated rings. The molecule has 0 bridgehead atoms. The Labute approximate surface area is 97.2 Å². The van der Waals surface area contributed by atoms with Gasteiger partial charge >= 0.3 is 0 Å². The lowest BCUT2D eigenvalue weighted by Gasteiger charge is -2.03. The zero-order chi connectivity index (χ0) is 11.4. The molecular weight excluding hydrogens is 228 g/mol. The number of aryl methyl sites for hydroxylation is 1. The van der Waals surface area contributed by atoms with Gasteiger partial charge in [-0.1, -0.05) is 13.8 Å². The molecular formula is C11H16O2S2. The molecule has 2 nitrogen and oxygen atoms in total. The summed E-state index contributed by atoms with van der Waals surface area (Å²) < 4.78 is 11.5. The SMILES string of the molecule is Cc1ccc(C(=O)CS(=O)CC(C)C)s1. The van der Waals surface area contributed by atoms with Crippen molar-refractivity contribution in [3.8, 4) is 0 Å². The van der Waals surface area contributed by atoms with Gasteiger partial charge in [-0.2, -0.15) is 0 Å². The third kappa shape index (κ3) is 4.26. The van der Waals surface area contributed by atoms with Gasteiger partial charge in [-0.15, -0.1) is 11.3 Å². The molecule has 1 unspecified atom stereocenters. The van der Waals surface area contributed by atoms with Crippen molar-refractivity contribution >= 4 is 27.9 Å². The minimum atomic E-state index is -1.01. The van der Waals surface area contributed by atoms with Gasteiger partial charge in [-0.25, -0.2) is 0 Å². The second-order valence-electron chi connectivity index (χ2n) is 3.98. The number of carbonyl (C=O) groups excluding carboxylic acids is 1. The predicted octanol–water partition coefficient (Wildman–Crippen LogP) is 2.64. The summed E-state index contributed by atoms with van der Waals surface area (Å²) in [5, 5.41) is 0. The van der Waals surface area contributed by atoms with E-state index in [1.807, 2.05) is 32.9 Å². The maximum Gasteiger partial charge on any atom is 0.185 e. The second kappa shape index (κ2) is 5.56. The van der Waals surface area contributed by atoms with Crippen LogP contribution in [0.3, 0.4) is 0 Å². The van der Waals surface area contributed by atoms with Crippen molar-refractivity contribution in [2.24, 2.45) is 5.92 Å². The number of hydrogen-bond donors (Lipinski definition) is 0. The highest BCUT2D eigenvalue weighted by Crippen LogP contribution is 2.16. The molecule has 0 aliphatic carbocycles. The molecule has 1 aromatic heterocycles. The number of rotatable bonds is 5. The van der Waals surface area contributed by atoms with Gasteiger partial charge in [0.15, 0.2) is 5.78 Å². The molecule has 0 N–H and O–H groups in total. The Hall–Kier alpha value is -0.480. The summed E-state index contributed by atoms with van der Waals surface area (Å²) >= 11 is 1.47. The fourth-order valence-corrected chi connectivity index (χ4v) is 3.44. The summed E-state index contributed by atoms with van der Waals surface area (Å²) in [7, 11) is -1.01. The average Bonchev–Trinajstić information content (AvgIpc) is 2.49. The number of hydrogen-bond acceptors (Lipinski definition) is 3. The van der Waals surface area contributed by atoms with Gasteiger partial charge in [0.1, 0.15) is 0 Å². The van der Waals surface area contributed by atoms with E-state index in [4.69, 9.17) is 0 Å². The molecule has 0 amide bonds. The minimum Gasteiger partial charge on any atom is -0.292 e. The van der Waals surface area contributed by atoms with E-state index < -0.39 is 10.8 Å². The summed E-state index contributed by atoms with van der Waals surface area (Å²) in [6, 6.07) is 3.73. The van der Waals surface area contributed by atoms with E-state index in [2.05, 4.69) is 0 Å². The average molecular weight is 244 g/mol. The van der Waals surface area contributed by atoms with Gasteiger partial charge in [0.2, 0.25) is 0 Å². The fraction of sp³-hybridized carbons (Fsp3) is 0.545. The van der Waals surface area contributed by atoms with Gasteiger partial charge < -0.3 is 0 Å². The first-order chi connectivity index (χ1) is 6.99. The Morgan fingerprint density at radius 3 is 2.60 bits per heavy atom. The first-order valence-electron chi connectivity index (χ1n) is 4.93. The molecule has 15 heavy (non-hydrogen) atoms. The Morgan fingerprint density at radius 2 is 2.13 bits per heavy atom. The highest BCUT2D eigenvalue weighted by molar-refractivity contribution is 7.85. The molecule has 0 saturated carbocycles. The molecule has 1 heterocycles. The number of carbonyl (C=O) groups is 1. The van der Waals surface area contributed by atoms with E-state index in [0.717, 1.165) is 9.75 Å². The lowest BCUT2D eigenvalue weighted by atomic mass is 10.3. The van der Waals surface area contributed by atoms with E-state index in [1.165, 1.54) is 11.3 Å². The maximum atomic E-state index is 11.7. The van der Waals surface area contributed by atoms with E-state index in [-0.39, 0.29) is 11.5 Å². The largest absolute Gasteiger partial charge is 0.292 e. The number of thiophene rings is 1. The number of ketones is 1. The van der Waals surface area contributed by atoms with Crippen molar-refractivity contribution in [3.05, 3.63) is 21.9 Å². The molecule has 0 spiro atoms. The third-order valence-corrected chi connectivity index (χ3v) is 4.49. The van der Waals surface area contributed by atoms with Crippen molar-refractivity contribution < 1.29 is 9.00 Å². The third-order valence-electron chi connectivity index (χ3n) is 1.83. The Kier molecular flexibility index (Phi) is 4.67. The first kappa shape index (κ1) is 12.6. The summed E-state index contributed by atoms with van der Waals surface area (Å²) in [4.78, 5) is 13.5. The van der Waals surface area contributed by atoms with E-state index in [9.17, 15) is 9.00 Å². The Bertz CT molecular complexity index is 366. The fourth-order valence-electron chi connectivity index (χ4n) is 1.23. The zero-order valence-corrected chi connectivity index (χ0v) is 10.9. The van der Waals surface area contributed by atoms with E-state index in [1.54, 1.807) is 0 Å². The maximum absolute atomic E-state index is 11.7. The lowest BCUT2D eigenvalue weighted by Crippen LogP contribution is -2.14. The molecule has 0 radical (unpaired) electrons. The molecule has 1 aromatic rings. The number of Topliss-reactive ketones (excluding diaryl/α,β-unsaturated/α-hetero) is 1. The van der Waals surface area contributed by atoms with Crippen LogP contribution in [0.5, 0.6) is 0 Å². The van der Waals surface area contributed by atoms with Crippen LogP contribution in [0.25, 0.3) is 0 Å². The van der Waals surface area contributed by atoms with Crippen LogP contribution < -0.4 is 0 Å². The quantitative estimate of drug-likeness (QED) is 0.746. The van der Waals surface area contributed by atoms with Crippen molar-refractivity contribution in [1.29, 1.82) is 0 Å². The molecule has 0 aromatic carbocycles. The zero-order valence-electron chi connectivity index (χ0n) is 9.28. The molecule has 84 valence electrons. The Morgan fingerprint density at radius 1 is 1.47 bits per heavy atom. The molecule has 0 aliphatic heterocycles. The van der Waals surface area contributed by atoms with Gasteiger partial charge in [-0.05, 0) is 25.0 Å². The van der Waals surface area contributed by atoms with Gasteiger partial charge in [0.25, 0.3) is 0 Å². The predicted molar refractivity (Wildman–Crippen MR) is 66.1 cm³/mol. The Balaban J connectivity index is 2.53. The highest BCUT2D eigenvalue weighted by Gasteiger charge is 2.13. The van der Waals surface area contributed by atoms with Crippen LogP contribution in [-0.2, 0) is 10.8 Å². The molecule has 0 aliphatic rings. The lowest BCUT2D eigenvalue weighted by molar-refractivity contribution is 0.102. The van der Waals surface area contributed by atoms with Crippen molar-refractivity contribution in [1.82, 2.24) is 0 Å². The highest BCUT2D eigenvalue weighted by atomic mass is 32.2. The normalized spacial score (nSPS) is 13.1. The first-order valence-corrected chi connectivity index (χ1v) is 7.24. The monoisotopic (exact) mass is 244 g/mol. The van der Waals surface area contributed by atoms with Crippen molar-refractivity contribution in [2.45, 2.75) is 20.8 Å². The van der Waals surface area contributed by atoms with Crippen molar-refractivity contribution in [2.75, 3.05) is 11.5 Å². The van der Waals surface area contributed by atoms with Gasteiger partial charge in [-0.3, -0.25) is 9.00 Å². The molecule has 0 saturated heterocycles. The summed E-state index contributed by atoms with van der Waals surface area (Å²) in [6.07, 6.45) is 0. The van der Waals surface area contributed by atoms with Crippen molar-refractivity contribution in [3.63, 3.8) is 0 Å². The van der Waals surface area contributed by atoms with E-state index in [0.29, 0.717) is 11.7 Å². The van der Waals surface area contributed by atoms with Crippen LogP contribution >= 0.6 is 11.3 Å². The van der Waals surface area contributed by atoms with Crippen LogP contribution in [0, 0.1) is 12.8 Å². The molecule has 1 rings (SSSR count). The second-order valence-corrected chi connectivity index (χ2v) is 6.77. The van der Waals surface area contributed by atoms with Crippen LogP contribution in [-0.4, -0.2) is 21.5 Å². The molecule has 4 heteroatoms. The standard InChI is InChI=1S/C11H16O2S2/c1-8(2)6-15(13)7-10(12)11-5-4-9(3)14-11/h4-5,8H,6-7H2,1-3H3. The topological polar surface area (TPSA) is 34.1 Å². The summed E-state index contributed by atoms with van der Waals surface area (Å²) in [6.45, 7) is 5.99. The summed E-state index contributed by atoms with van der Waals surface area (Å²) in [5.74, 6) is 1.16. The van der Waals surface area contributed by atoms with Gasteiger partial charge in [0, 0.05) is 21.4 Å². The van der Waals surface area contributed by atoms with Crippen LogP contribution in [0.2, 0.25) is 0 Å². The minimum absolute atomic E-state index is 0.00656. The van der Waals surface area contributed by atoms with Crippen LogP contribution in [0.15, 0.2) is 12.1 Å².